The Morgan fingerprint density at radius 3 is 2.19 bits per heavy atom. The maximum Gasteiger partial charge on any atom is 0.265 e. The quantitative estimate of drug-likeness (QED) is 0.609. The number of hydrogen-bond acceptors (Lipinski definition) is 3. The van der Waals surface area contributed by atoms with Gasteiger partial charge in [0, 0.05) is 5.69 Å². The van der Waals surface area contributed by atoms with Crippen molar-refractivity contribution in [1.82, 2.24) is 0 Å². The summed E-state index contributed by atoms with van der Waals surface area (Å²) in [6, 6.07) is 15.4. The molecule has 2 aromatic rings. The number of benzene rings is 2. The standard InChI is InChI=1S/C23H31NO3/c1-6-17(5)20-10-8-9-11-22(20)27-21(7-2)23(25)24-18-12-14-19(15-13-18)26-16(3)4/h8-17,21H,6-7H2,1-5H3,(H,24,25). The monoisotopic (exact) mass is 369 g/mol. The van der Waals surface area contributed by atoms with Gasteiger partial charge < -0.3 is 14.8 Å². The number of nitrogens with one attached hydrogen (secondary N) is 1. The molecule has 0 fully saturated rings. The molecular weight excluding hydrogens is 338 g/mol. The maximum atomic E-state index is 12.7. The van der Waals surface area contributed by atoms with E-state index < -0.39 is 6.10 Å². The maximum absolute atomic E-state index is 12.7. The van der Waals surface area contributed by atoms with Gasteiger partial charge >= 0.3 is 0 Å². The summed E-state index contributed by atoms with van der Waals surface area (Å²) in [4.78, 5) is 12.7. The van der Waals surface area contributed by atoms with Gasteiger partial charge in [-0.05, 0) is 68.5 Å². The van der Waals surface area contributed by atoms with Crippen molar-refractivity contribution in [3.05, 3.63) is 54.1 Å². The van der Waals surface area contributed by atoms with Gasteiger partial charge in [-0.15, -0.1) is 0 Å². The van der Waals surface area contributed by atoms with Gasteiger partial charge in [0.05, 0.1) is 6.10 Å². The van der Waals surface area contributed by atoms with Crippen LogP contribution in [0.25, 0.3) is 0 Å². The highest BCUT2D eigenvalue weighted by atomic mass is 16.5. The fourth-order valence-corrected chi connectivity index (χ4v) is 2.80. The normalized spacial score (nSPS) is 13.1. The smallest absolute Gasteiger partial charge is 0.265 e. The van der Waals surface area contributed by atoms with Crippen LogP contribution < -0.4 is 14.8 Å². The van der Waals surface area contributed by atoms with Crippen LogP contribution in [0.5, 0.6) is 11.5 Å². The molecule has 0 aliphatic heterocycles. The zero-order valence-corrected chi connectivity index (χ0v) is 17.0. The number of anilines is 1. The highest BCUT2D eigenvalue weighted by Gasteiger charge is 2.21. The molecule has 2 rings (SSSR count). The van der Waals surface area contributed by atoms with Crippen molar-refractivity contribution in [2.45, 2.75) is 65.6 Å². The molecule has 1 amide bonds. The number of carbonyl (C=O) groups is 1. The van der Waals surface area contributed by atoms with E-state index in [0.29, 0.717) is 12.3 Å². The molecule has 0 radical (unpaired) electrons. The van der Waals surface area contributed by atoms with Gasteiger partial charge in [0.25, 0.3) is 5.91 Å². The van der Waals surface area contributed by atoms with Gasteiger partial charge in [-0.3, -0.25) is 4.79 Å². The first kappa shape index (κ1) is 20.8. The zero-order valence-electron chi connectivity index (χ0n) is 17.0. The van der Waals surface area contributed by atoms with Crippen LogP contribution in [0.1, 0.15) is 58.9 Å². The third-order valence-electron chi connectivity index (χ3n) is 4.49. The van der Waals surface area contributed by atoms with Crippen molar-refractivity contribution < 1.29 is 14.3 Å². The van der Waals surface area contributed by atoms with E-state index >= 15 is 0 Å². The molecular formula is C23H31NO3. The summed E-state index contributed by atoms with van der Waals surface area (Å²) in [6.07, 6.45) is 1.19. The average molecular weight is 370 g/mol. The second-order valence-electron chi connectivity index (χ2n) is 7.04. The third kappa shape index (κ3) is 6.02. The molecule has 1 N–H and O–H groups in total. The number of hydrogen-bond donors (Lipinski definition) is 1. The van der Waals surface area contributed by atoms with Crippen LogP contribution in [0.2, 0.25) is 0 Å². The van der Waals surface area contributed by atoms with E-state index in [1.54, 1.807) is 0 Å². The minimum atomic E-state index is -0.540. The van der Waals surface area contributed by atoms with Gasteiger partial charge in [-0.25, -0.2) is 0 Å². The van der Waals surface area contributed by atoms with E-state index in [9.17, 15) is 4.79 Å². The number of amides is 1. The lowest BCUT2D eigenvalue weighted by Crippen LogP contribution is -2.32. The van der Waals surface area contributed by atoms with E-state index in [4.69, 9.17) is 9.47 Å². The molecule has 0 aliphatic carbocycles. The molecule has 0 bridgehead atoms. The van der Waals surface area contributed by atoms with Crippen LogP contribution in [-0.2, 0) is 4.79 Å². The minimum absolute atomic E-state index is 0.119. The Morgan fingerprint density at radius 2 is 1.59 bits per heavy atom. The number of ether oxygens (including phenoxy) is 2. The molecule has 0 saturated carbocycles. The van der Waals surface area contributed by atoms with Gasteiger partial charge in [0.1, 0.15) is 11.5 Å². The highest BCUT2D eigenvalue weighted by molar-refractivity contribution is 5.94. The lowest BCUT2D eigenvalue weighted by Gasteiger charge is -2.21. The Bertz CT molecular complexity index is 725. The molecule has 0 spiro atoms. The first-order valence-corrected chi connectivity index (χ1v) is 9.77. The lowest BCUT2D eigenvalue weighted by molar-refractivity contribution is -0.122. The fraction of sp³-hybridized carbons (Fsp3) is 0.435. The second kappa shape index (κ2) is 10.0. The predicted octanol–water partition coefficient (Wildman–Crippen LogP) is 5.78. The largest absolute Gasteiger partial charge is 0.491 e. The van der Waals surface area contributed by atoms with Crippen LogP contribution in [0.4, 0.5) is 5.69 Å². The summed E-state index contributed by atoms with van der Waals surface area (Å²) in [6.45, 7) is 10.2. The van der Waals surface area contributed by atoms with Crippen molar-refractivity contribution in [2.75, 3.05) is 5.32 Å². The van der Waals surface area contributed by atoms with Crippen molar-refractivity contribution in [1.29, 1.82) is 0 Å². The van der Waals surface area contributed by atoms with Crippen molar-refractivity contribution in [3.8, 4) is 11.5 Å². The van der Waals surface area contributed by atoms with Crippen LogP contribution in [0.3, 0.4) is 0 Å². The zero-order chi connectivity index (χ0) is 19.8. The van der Waals surface area contributed by atoms with Gasteiger partial charge in [0.2, 0.25) is 0 Å². The minimum Gasteiger partial charge on any atom is -0.491 e. The second-order valence-corrected chi connectivity index (χ2v) is 7.04. The van der Waals surface area contributed by atoms with E-state index in [2.05, 4.69) is 25.2 Å². The van der Waals surface area contributed by atoms with E-state index in [-0.39, 0.29) is 12.0 Å². The Morgan fingerprint density at radius 1 is 0.926 bits per heavy atom. The fourth-order valence-electron chi connectivity index (χ4n) is 2.80. The van der Waals surface area contributed by atoms with Crippen molar-refractivity contribution in [3.63, 3.8) is 0 Å². The Kier molecular flexibility index (Phi) is 7.71. The van der Waals surface area contributed by atoms with Gasteiger partial charge in [-0.1, -0.05) is 39.0 Å². The lowest BCUT2D eigenvalue weighted by atomic mass is 9.98. The first-order chi connectivity index (χ1) is 12.9. The van der Waals surface area contributed by atoms with Crippen LogP contribution >= 0.6 is 0 Å². The molecule has 0 aliphatic rings. The summed E-state index contributed by atoms with van der Waals surface area (Å²) in [5.74, 6) is 1.81. The van der Waals surface area contributed by atoms with Crippen LogP contribution in [-0.4, -0.2) is 18.1 Å². The average Bonchev–Trinajstić information content (AvgIpc) is 2.66. The van der Waals surface area contributed by atoms with E-state index in [1.165, 1.54) is 0 Å². The Labute approximate surface area is 162 Å². The third-order valence-corrected chi connectivity index (χ3v) is 4.49. The van der Waals surface area contributed by atoms with Crippen LogP contribution in [0, 0.1) is 0 Å². The first-order valence-electron chi connectivity index (χ1n) is 9.77. The highest BCUT2D eigenvalue weighted by Crippen LogP contribution is 2.29. The number of rotatable bonds is 9. The molecule has 2 unspecified atom stereocenters. The van der Waals surface area contributed by atoms with Gasteiger partial charge in [0.15, 0.2) is 6.10 Å². The summed E-state index contributed by atoms with van der Waals surface area (Å²) in [5.41, 5.74) is 1.87. The van der Waals surface area contributed by atoms with Gasteiger partial charge in [-0.2, -0.15) is 0 Å². The SMILES string of the molecule is CCC(Oc1ccccc1C(C)CC)C(=O)Nc1ccc(OC(C)C)cc1. The summed E-state index contributed by atoms with van der Waals surface area (Å²) >= 11 is 0. The van der Waals surface area contributed by atoms with E-state index in [0.717, 1.165) is 29.2 Å². The topological polar surface area (TPSA) is 47.6 Å². The molecule has 0 aromatic heterocycles. The summed E-state index contributed by atoms with van der Waals surface area (Å²) < 4.78 is 11.7. The summed E-state index contributed by atoms with van der Waals surface area (Å²) in [7, 11) is 0. The van der Waals surface area contributed by atoms with E-state index in [1.807, 2.05) is 63.2 Å². The Balaban J connectivity index is 2.06. The number of carbonyl (C=O) groups excluding carboxylic acids is 1. The molecule has 2 aromatic carbocycles. The molecule has 27 heavy (non-hydrogen) atoms. The van der Waals surface area contributed by atoms with Crippen molar-refractivity contribution in [2.24, 2.45) is 0 Å². The Hall–Kier alpha value is -2.49. The molecule has 0 heterocycles. The molecule has 146 valence electrons. The molecule has 4 heteroatoms. The summed E-state index contributed by atoms with van der Waals surface area (Å²) in [5, 5.41) is 2.94. The molecule has 2 atom stereocenters. The molecule has 0 saturated heterocycles. The number of para-hydroxylation sites is 1. The van der Waals surface area contributed by atoms with Crippen molar-refractivity contribution >= 4 is 11.6 Å². The predicted molar refractivity (Wildman–Crippen MR) is 111 cm³/mol. The van der Waals surface area contributed by atoms with Crippen LogP contribution in [0.15, 0.2) is 48.5 Å². The molecule has 4 nitrogen and oxygen atoms in total.